The van der Waals surface area contributed by atoms with Gasteiger partial charge in [0.05, 0.1) is 6.20 Å². The second-order valence-corrected chi connectivity index (χ2v) is 3.85. The van der Waals surface area contributed by atoms with E-state index in [1.165, 1.54) is 5.56 Å². The van der Waals surface area contributed by atoms with E-state index in [0.29, 0.717) is 12.1 Å². The summed E-state index contributed by atoms with van der Waals surface area (Å²) in [5.41, 5.74) is 1.20. The first kappa shape index (κ1) is 11.8. The second kappa shape index (κ2) is 5.57. The summed E-state index contributed by atoms with van der Waals surface area (Å²) >= 11 is 0. The third-order valence-corrected chi connectivity index (χ3v) is 2.57. The van der Waals surface area contributed by atoms with Gasteiger partial charge in [0.1, 0.15) is 0 Å². The Morgan fingerprint density at radius 1 is 1.67 bits per heavy atom. The topological polar surface area (TPSA) is 29.9 Å². The van der Waals surface area contributed by atoms with Crippen LogP contribution in [0.25, 0.3) is 0 Å². The number of nitrogens with zero attached hydrogens (tertiary/aromatic N) is 2. The van der Waals surface area contributed by atoms with Crippen LogP contribution in [0.5, 0.6) is 0 Å². The molecule has 0 aliphatic rings. The predicted molar refractivity (Wildman–Crippen MR) is 62.3 cm³/mol. The van der Waals surface area contributed by atoms with Crippen LogP contribution in [0.4, 0.5) is 0 Å². The Balaban J connectivity index is 2.54. The van der Waals surface area contributed by atoms with Crippen LogP contribution < -0.4 is 5.32 Å². The van der Waals surface area contributed by atoms with Crippen LogP contribution in [0.15, 0.2) is 12.4 Å². The molecule has 0 aliphatic carbocycles. The normalized spacial score (nSPS) is 14.5. The lowest BCUT2D eigenvalue weighted by molar-refractivity contribution is 0.449. The van der Waals surface area contributed by atoms with Crippen molar-refractivity contribution in [3.05, 3.63) is 18.0 Å². The molecule has 2 unspecified atom stereocenters. The Bertz CT molecular complexity index is 335. The fourth-order valence-corrected chi connectivity index (χ4v) is 1.58. The molecular weight excluding hydrogens is 186 g/mol. The summed E-state index contributed by atoms with van der Waals surface area (Å²) < 4.78 is 1.82. The van der Waals surface area contributed by atoms with Crippen molar-refractivity contribution in [2.75, 3.05) is 0 Å². The Kier molecular flexibility index (Phi) is 4.38. The van der Waals surface area contributed by atoms with Crippen LogP contribution in [0.1, 0.15) is 38.3 Å². The zero-order valence-corrected chi connectivity index (χ0v) is 9.70. The van der Waals surface area contributed by atoms with Crippen LogP contribution in [0.3, 0.4) is 0 Å². The third-order valence-electron chi connectivity index (χ3n) is 2.57. The maximum absolute atomic E-state index is 5.32. The standard InChI is InChI=1S/C12H19N3/c1-5-7-12(6-2)14-10(3)11-8-13-15(4)9-11/h1,8-10,12,14H,6-7H2,2-4H3. The number of terminal acetylenes is 1. The van der Waals surface area contributed by atoms with E-state index in [0.717, 1.165) is 12.8 Å². The van der Waals surface area contributed by atoms with Crippen molar-refractivity contribution in [2.45, 2.75) is 38.8 Å². The molecule has 15 heavy (non-hydrogen) atoms. The fourth-order valence-electron chi connectivity index (χ4n) is 1.58. The molecule has 0 bridgehead atoms. The summed E-state index contributed by atoms with van der Waals surface area (Å²) in [4.78, 5) is 0. The van der Waals surface area contributed by atoms with Gasteiger partial charge in [-0.2, -0.15) is 5.10 Å². The van der Waals surface area contributed by atoms with Gasteiger partial charge < -0.3 is 5.32 Å². The number of rotatable bonds is 5. The van der Waals surface area contributed by atoms with Gasteiger partial charge in [0.15, 0.2) is 0 Å². The SMILES string of the molecule is C#CCC(CC)NC(C)c1cnn(C)c1. The number of hydrogen-bond donors (Lipinski definition) is 1. The Morgan fingerprint density at radius 2 is 2.40 bits per heavy atom. The Labute approximate surface area is 91.9 Å². The van der Waals surface area contributed by atoms with Crippen molar-refractivity contribution in [1.29, 1.82) is 0 Å². The van der Waals surface area contributed by atoms with E-state index < -0.39 is 0 Å². The van der Waals surface area contributed by atoms with E-state index in [1.807, 2.05) is 24.1 Å². The van der Waals surface area contributed by atoms with Crippen LogP contribution in [-0.4, -0.2) is 15.8 Å². The molecule has 1 heterocycles. The molecule has 0 aromatic carbocycles. The van der Waals surface area contributed by atoms with E-state index in [2.05, 4.69) is 30.2 Å². The van der Waals surface area contributed by atoms with Crippen molar-refractivity contribution < 1.29 is 0 Å². The first-order valence-electron chi connectivity index (χ1n) is 5.35. The van der Waals surface area contributed by atoms with Gasteiger partial charge in [0.25, 0.3) is 0 Å². The minimum Gasteiger partial charge on any atom is -0.306 e. The average molecular weight is 205 g/mol. The zero-order valence-electron chi connectivity index (χ0n) is 9.70. The average Bonchev–Trinajstić information content (AvgIpc) is 2.64. The summed E-state index contributed by atoms with van der Waals surface area (Å²) in [5.74, 6) is 2.70. The molecule has 0 fully saturated rings. The maximum Gasteiger partial charge on any atom is 0.0537 e. The quantitative estimate of drug-likeness (QED) is 0.744. The highest BCUT2D eigenvalue weighted by molar-refractivity contribution is 5.09. The van der Waals surface area contributed by atoms with E-state index in [9.17, 15) is 0 Å². The summed E-state index contributed by atoms with van der Waals surface area (Å²) in [6, 6.07) is 0.696. The van der Waals surface area contributed by atoms with Crippen molar-refractivity contribution in [3.8, 4) is 12.3 Å². The van der Waals surface area contributed by atoms with Gasteiger partial charge in [-0.3, -0.25) is 4.68 Å². The molecule has 1 rings (SSSR count). The smallest absolute Gasteiger partial charge is 0.0537 e. The lowest BCUT2D eigenvalue weighted by Gasteiger charge is -2.19. The zero-order chi connectivity index (χ0) is 11.3. The van der Waals surface area contributed by atoms with Gasteiger partial charge in [-0.1, -0.05) is 6.92 Å². The van der Waals surface area contributed by atoms with Crippen LogP contribution in [-0.2, 0) is 7.05 Å². The number of nitrogens with one attached hydrogen (secondary N) is 1. The van der Waals surface area contributed by atoms with Crippen LogP contribution in [0, 0.1) is 12.3 Å². The van der Waals surface area contributed by atoms with Gasteiger partial charge >= 0.3 is 0 Å². The maximum atomic E-state index is 5.32. The van der Waals surface area contributed by atoms with Gasteiger partial charge in [-0.15, -0.1) is 12.3 Å². The first-order valence-corrected chi connectivity index (χ1v) is 5.35. The van der Waals surface area contributed by atoms with Crippen LogP contribution >= 0.6 is 0 Å². The van der Waals surface area contributed by atoms with Crippen LogP contribution in [0.2, 0.25) is 0 Å². The van der Waals surface area contributed by atoms with Gasteiger partial charge in [0, 0.05) is 37.3 Å². The minimum absolute atomic E-state index is 0.303. The van der Waals surface area contributed by atoms with E-state index in [1.54, 1.807) is 0 Å². The lowest BCUT2D eigenvalue weighted by atomic mass is 10.1. The van der Waals surface area contributed by atoms with Crippen molar-refractivity contribution in [3.63, 3.8) is 0 Å². The van der Waals surface area contributed by atoms with E-state index >= 15 is 0 Å². The monoisotopic (exact) mass is 205 g/mol. The van der Waals surface area contributed by atoms with Crippen molar-refractivity contribution in [2.24, 2.45) is 7.05 Å². The number of aromatic nitrogens is 2. The summed E-state index contributed by atoms with van der Waals surface area (Å²) in [6.07, 6.45) is 11.1. The highest BCUT2D eigenvalue weighted by Gasteiger charge is 2.11. The lowest BCUT2D eigenvalue weighted by Crippen LogP contribution is -2.30. The third kappa shape index (κ3) is 3.41. The van der Waals surface area contributed by atoms with Gasteiger partial charge in [-0.25, -0.2) is 0 Å². The number of hydrogen-bond acceptors (Lipinski definition) is 2. The molecule has 1 aromatic rings. The molecule has 1 aromatic heterocycles. The molecular formula is C12H19N3. The molecule has 0 saturated heterocycles. The first-order chi connectivity index (χ1) is 7.17. The highest BCUT2D eigenvalue weighted by atomic mass is 15.2. The molecule has 0 radical (unpaired) electrons. The predicted octanol–water partition coefficient (Wildman–Crippen LogP) is 1.87. The minimum atomic E-state index is 0.303. The Hall–Kier alpha value is -1.27. The van der Waals surface area contributed by atoms with Crippen molar-refractivity contribution >= 4 is 0 Å². The summed E-state index contributed by atoms with van der Waals surface area (Å²) in [5, 5.41) is 7.65. The molecule has 0 aliphatic heterocycles. The molecule has 3 heteroatoms. The molecule has 2 atom stereocenters. The molecule has 0 amide bonds. The van der Waals surface area contributed by atoms with Gasteiger partial charge in [-0.05, 0) is 13.3 Å². The Morgan fingerprint density at radius 3 is 2.87 bits per heavy atom. The summed E-state index contributed by atoms with van der Waals surface area (Å²) in [7, 11) is 1.93. The molecule has 3 nitrogen and oxygen atoms in total. The molecule has 0 saturated carbocycles. The molecule has 1 N–H and O–H groups in total. The van der Waals surface area contributed by atoms with E-state index in [4.69, 9.17) is 6.42 Å². The largest absolute Gasteiger partial charge is 0.306 e. The number of aryl methyl sites for hydroxylation is 1. The highest BCUT2D eigenvalue weighted by Crippen LogP contribution is 2.12. The van der Waals surface area contributed by atoms with Gasteiger partial charge in [0.2, 0.25) is 0 Å². The summed E-state index contributed by atoms with van der Waals surface area (Å²) in [6.45, 7) is 4.28. The van der Waals surface area contributed by atoms with Crippen molar-refractivity contribution in [1.82, 2.24) is 15.1 Å². The molecule has 0 spiro atoms. The molecule has 82 valence electrons. The fraction of sp³-hybridized carbons (Fsp3) is 0.583. The van der Waals surface area contributed by atoms with E-state index in [-0.39, 0.29) is 0 Å². The second-order valence-electron chi connectivity index (χ2n) is 3.85.